The van der Waals surface area contributed by atoms with Crippen molar-refractivity contribution in [2.45, 2.75) is 30.6 Å². The summed E-state index contributed by atoms with van der Waals surface area (Å²) in [5.41, 5.74) is 0.547. The Bertz CT molecular complexity index is 681. The molecule has 120 valence electrons. The van der Waals surface area contributed by atoms with Crippen LogP contribution in [0.3, 0.4) is 0 Å². The molecule has 6 nitrogen and oxygen atoms in total. The van der Waals surface area contributed by atoms with Crippen LogP contribution in [-0.4, -0.2) is 45.4 Å². The van der Waals surface area contributed by atoms with Crippen LogP contribution in [-0.2, 0) is 14.8 Å². The van der Waals surface area contributed by atoms with Gasteiger partial charge in [-0.15, -0.1) is 0 Å². The summed E-state index contributed by atoms with van der Waals surface area (Å²) in [4.78, 5) is 13.8. The van der Waals surface area contributed by atoms with Gasteiger partial charge in [0.2, 0.25) is 15.9 Å². The molecule has 22 heavy (non-hydrogen) atoms. The van der Waals surface area contributed by atoms with Crippen LogP contribution in [0.4, 0.5) is 5.69 Å². The van der Waals surface area contributed by atoms with E-state index in [4.69, 9.17) is 4.74 Å². The highest BCUT2D eigenvalue weighted by Crippen LogP contribution is 2.34. The minimum atomic E-state index is -3.49. The van der Waals surface area contributed by atoms with Crippen LogP contribution in [0.25, 0.3) is 0 Å². The van der Waals surface area contributed by atoms with Crippen molar-refractivity contribution in [1.29, 1.82) is 0 Å². The van der Waals surface area contributed by atoms with E-state index in [0.717, 1.165) is 19.3 Å². The van der Waals surface area contributed by atoms with E-state index in [1.54, 1.807) is 23.1 Å². The highest BCUT2D eigenvalue weighted by Gasteiger charge is 2.30. The molecule has 0 aromatic heterocycles. The largest absolute Gasteiger partial charge is 0.495 e. The van der Waals surface area contributed by atoms with Gasteiger partial charge in [-0.2, -0.15) is 4.31 Å². The Morgan fingerprint density at radius 3 is 2.41 bits per heavy atom. The van der Waals surface area contributed by atoms with Crippen molar-refractivity contribution in [1.82, 2.24) is 4.31 Å². The quantitative estimate of drug-likeness (QED) is 0.844. The van der Waals surface area contributed by atoms with Gasteiger partial charge in [0.25, 0.3) is 0 Å². The number of anilines is 1. The van der Waals surface area contributed by atoms with Crippen molar-refractivity contribution < 1.29 is 17.9 Å². The Kier molecular flexibility index (Phi) is 4.10. The molecular formula is C15H20N2O4S. The number of hydrogen-bond acceptors (Lipinski definition) is 4. The lowest BCUT2D eigenvalue weighted by molar-refractivity contribution is -0.117. The first-order chi connectivity index (χ1) is 10.5. The molecule has 2 aliphatic heterocycles. The van der Waals surface area contributed by atoms with Gasteiger partial charge in [0.15, 0.2) is 0 Å². The molecule has 2 fully saturated rings. The molecule has 0 bridgehead atoms. The number of amides is 1. The fourth-order valence-electron chi connectivity index (χ4n) is 3.02. The van der Waals surface area contributed by atoms with Crippen molar-refractivity contribution in [3.63, 3.8) is 0 Å². The maximum Gasteiger partial charge on any atom is 0.243 e. The zero-order valence-electron chi connectivity index (χ0n) is 12.6. The molecule has 7 heteroatoms. The summed E-state index contributed by atoms with van der Waals surface area (Å²) >= 11 is 0. The number of methoxy groups -OCH3 is 1. The van der Waals surface area contributed by atoms with Gasteiger partial charge < -0.3 is 9.64 Å². The molecule has 0 aliphatic carbocycles. The number of carbonyl (C=O) groups excluding carboxylic acids is 1. The molecule has 1 amide bonds. The normalized spacial score (nSPS) is 19.9. The lowest BCUT2D eigenvalue weighted by Gasteiger charge is -2.21. The van der Waals surface area contributed by atoms with E-state index in [-0.39, 0.29) is 10.8 Å². The van der Waals surface area contributed by atoms with Crippen LogP contribution < -0.4 is 9.64 Å². The van der Waals surface area contributed by atoms with Crippen LogP contribution >= 0.6 is 0 Å². The predicted molar refractivity (Wildman–Crippen MR) is 82.6 cm³/mol. The molecule has 0 saturated carbocycles. The summed E-state index contributed by atoms with van der Waals surface area (Å²) < 4.78 is 32.1. The topological polar surface area (TPSA) is 66.9 Å². The van der Waals surface area contributed by atoms with E-state index in [0.29, 0.717) is 37.5 Å². The van der Waals surface area contributed by atoms with Crippen LogP contribution in [0.1, 0.15) is 25.7 Å². The fourth-order valence-corrected chi connectivity index (χ4v) is 4.56. The summed E-state index contributed by atoms with van der Waals surface area (Å²) in [6.07, 6.45) is 3.07. The van der Waals surface area contributed by atoms with Gasteiger partial charge in [-0.25, -0.2) is 8.42 Å². The van der Waals surface area contributed by atoms with E-state index >= 15 is 0 Å². The van der Waals surface area contributed by atoms with Gasteiger partial charge in [0, 0.05) is 26.1 Å². The Hall–Kier alpha value is -1.60. The first-order valence-electron chi connectivity index (χ1n) is 7.52. The monoisotopic (exact) mass is 324 g/mol. The molecular weight excluding hydrogens is 304 g/mol. The Labute approximate surface area is 130 Å². The van der Waals surface area contributed by atoms with E-state index < -0.39 is 10.0 Å². The number of rotatable bonds is 4. The minimum Gasteiger partial charge on any atom is -0.495 e. The predicted octanol–water partition coefficient (Wildman–Crippen LogP) is 1.61. The van der Waals surface area contributed by atoms with Crippen molar-refractivity contribution in [3.05, 3.63) is 18.2 Å². The number of nitrogens with zero attached hydrogens (tertiary/aromatic N) is 2. The Morgan fingerprint density at radius 1 is 1.09 bits per heavy atom. The average molecular weight is 324 g/mol. The summed E-state index contributed by atoms with van der Waals surface area (Å²) in [5.74, 6) is 0.532. The minimum absolute atomic E-state index is 0.00835. The molecule has 2 saturated heterocycles. The van der Waals surface area contributed by atoms with E-state index in [1.165, 1.54) is 11.4 Å². The third-order valence-corrected chi connectivity index (χ3v) is 6.11. The summed E-state index contributed by atoms with van der Waals surface area (Å²) in [5, 5.41) is 0. The molecule has 0 atom stereocenters. The zero-order chi connectivity index (χ0) is 15.7. The maximum atomic E-state index is 12.7. The third-order valence-electron chi connectivity index (χ3n) is 4.22. The van der Waals surface area contributed by atoms with Gasteiger partial charge in [-0.1, -0.05) is 0 Å². The summed E-state index contributed by atoms with van der Waals surface area (Å²) in [7, 11) is -1.97. The molecule has 1 aromatic carbocycles. The standard InChI is InChI=1S/C15H20N2O4S/c1-21-14-7-6-12(22(19,20)16-8-2-3-9-16)11-13(14)17-10-4-5-15(17)18/h6-7,11H,2-5,8-10H2,1H3. The lowest BCUT2D eigenvalue weighted by Crippen LogP contribution is -2.29. The van der Waals surface area contributed by atoms with Gasteiger partial charge in [-0.3, -0.25) is 4.79 Å². The lowest BCUT2D eigenvalue weighted by atomic mass is 10.2. The molecule has 0 radical (unpaired) electrons. The number of benzene rings is 1. The maximum absolute atomic E-state index is 12.7. The van der Waals surface area contributed by atoms with Crippen LogP contribution in [0.2, 0.25) is 0 Å². The molecule has 0 N–H and O–H groups in total. The van der Waals surface area contributed by atoms with Crippen LogP contribution in [0.5, 0.6) is 5.75 Å². The van der Waals surface area contributed by atoms with E-state index in [1.807, 2.05) is 0 Å². The number of carbonyl (C=O) groups is 1. The Balaban J connectivity index is 2.01. The molecule has 1 aromatic rings. The van der Waals surface area contributed by atoms with Crippen molar-refractivity contribution in [2.24, 2.45) is 0 Å². The van der Waals surface area contributed by atoms with Gasteiger partial charge in [-0.05, 0) is 37.5 Å². The van der Waals surface area contributed by atoms with Gasteiger partial charge in [0.05, 0.1) is 17.7 Å². The van der Waals surface area contributed by atoms with Crippen molar-refractivity contribution in [3.8, 4) is 5.75 Å². The van der Waals surface area contributed by atoms with Crippen LogP contribution in [0.15, 0.2) is 23.1 Å². The third kappa shape index (κ3) is 2.59. The smallest absolute Gasteiger partial charge is 0.243 e. The number of sulfonamides is 1. The summed E-state index contributed by atoms with van der Waals surface area (Å²) in [6.45, 7) is 1.72. The van der Waals surface area contributed by atoms with E-state index in [2.05, 4.69) is 0 Å². The zero-order valence-corrected chi connectivity index (χ0v) is 13.4. The van der Waals surface area contributed by atoms with Crippen molar-refractivity contribution >= 4 is 21.6 Å². The van der Waals surface area contributed by atoms with Crippen LogP contribution in [0, 0.1) is 0 Å². The molecule has 3 rings (SSSR count). The summed E-state index contributed by atoms with van der Waals surface area (Å²) in [6, 6.07) is 4.75. The molecule has 0 unspecified atom stereocenters. The molecule has 2 aliphatic rings. The first-order valence-corrected chi connectivity index (χ1v) is 8.96. The highest BCUT2D eigenvalue weighted by atomic mass is 32.2. The van der Waals surface area contributed by atoms with Gasteiger partial charge >= 0.3 is 0 Å². The second-order valence-corrected chi connectivity index (χ2v) is 7.53. The first kappa shape index (κ1) is 15.3. The SMILES string of the molecule is COc1ccc(S(=O)(=O)N2CCCC2)cc1N1CCCC1=O. The van der Waals surface area contributed by atoms with Gasteiger partial charge in [0.1, 0.15) is 5.75 Å². The van der Waals surface area contributed by atoms with E-state index in [9.17, 15) is 13.2 Å². The average Bonchev–Trinajstić information content (AvgIpc) is 3.18. The number of ether oxygens (including phenoxy) is 1. The highest BCUT2D eigenvalue weighted by molar-refractivity contribution is 7.89. The molecule has 0 spiro atoms. The molecule has 2 heterocycles. The number of hydrogen-bond donors (Lipinski definition) is 0. The second kappa shape index (κ2) is 5.89. The fraction of sp³-hybridized carbons (Fsp3) is 0.533. The van der Waals surface area contributed by atoms with Crippen molar-refractivity contribution in [2.75, 3.05) is 31.6 Å². The second-order valence-electron chi connectivity index (χ2n) is 5.59. The Morgan fingerprint density at radius 2 is 1.82 bits per heavy atom.